The fourth-order valence-electron chi connectivity index (χ4n) is 1.71. The first kappa shape index (κ1) is 13.6. The maximum atomic E-state index is 13.3. The second-order valence-electron chi connectivity index (χ2n) is 3.83. The summed E-state index contributed by atoms with van der Waals surface area (Å²) in [6.07, 6.45) is 1.42. The lowest BCUT2D eigenvalue weighted by Gasteiger charge is -2.04. The molecular weight excluding hydrogens is 294 g/mol. The molecule has 0 fully saturated rings. The van der Waals surface area contributed by atoms with Crippen LogP contribution in [0, 0.1) is 5.82 Å². The summed E-state index contributed by atoms with van der Waals surface area (Å²) in [5, 5.41) is 0.613. The topological polar surface area (TPSA) is 38.9 Å². The van der Waals surface area contributed by atoms with E-state index in [4.69, 9.17) is 28.9 Å². The van der Waals surface area contributed by atoms with E-state index in [1.165, 1.54) is 11.3 Å². The molecule has 2 nitrogen and oxygen atoms in total. The summed E-state index contributed by atoms with van der Waals surface area (Å²) >= 11 is 13.0. The molecule has 2 N–H and O–H groups in total. The Morgan fingerprint density at radius 1 is 1.33 bits per heavy atom. The fourth-order valence-corrected chi connectivity index (χ4v) is 3.20. The maximum Gasteiger partial charge on any atom is 0.180 e. The van der Waals surface area contributed by atoms with Gasteiger partial charge in [-0.1, -0.05) is 30.1 Å². The van der Waals surface area contributed by atoms with Gasteiger partial charge in [-0.2, -0.15) is 0 Å². The highest BCUT2D eigenvalue weighted by atomic mass is 35.5. The van der Waals surface area contributed by atoms with Gasteiger partial charge in [-0.05, 0) is 24.1 Å². The van der Waals surface area contributed by atoms with Crippen LogP contribution in [0.1, 0.15) is 23.1 Å². The van der Waals surface area contributed by atoms with Gasteiger partial charge in [-0.25, -0.2) is 9.37 Å². The molecule has 0 radical (unpaired) electrons. The summed E-state index contributed by atoms with van der Waals surface area (Å²) < 4.78 is 13.3. The molecule has 0 aliphatic heterocycles. The number of benzene rings is 1. The van der Waals surface area contributed by atoms with Crippen molar-refractivity contribution < 1.29 is 4.39 Å². The minimum Gasteiger partial charge on any atom is -0.375 e. The Bertz CT molecular complexity index is 560. The van der Waals surface area contributed by atoms with Crippen LogP contribution in [0.2, 0.25) is 10.0 Å². The van der Waals surface area contributed by atoms with Gasteiger partial charge in [-0.15, -0.1) is 11.3 Å². The SMILES string of the molecule is CCc1nc(N)sc1Cc1cc(Cl)c(F)c(Cl)c1. The van der Waals surface area contributed by atoms with Crippen LogP contribution in [0.4, 0.5) is 9.52 Å². The van der Waals surface area contributed by atoms with Crippen molar-refractivity contribution in [3.05, 3.63) is 44.1 Å². The molecule has 1 aromatic carbocycles. The maximum absolute atomic E-state index is 13.3. The fraction of sp³-hybridized carbons (Fsp3) is 0.250. The van der Waals surface area contributed by atoms with Crippen molar-refractivity contribution in [1.29, 1.82) is 0 Å². The number of nitrogens with two attached hydrogens (primary N) is 1. The number of anilines is 1. The molecule has 0 saturated carbocycles. The summed E-state index contributed by atoms with van der Waals surface area (Å²) in [5.74, 6) is -0.582. The highest BCUT2D eigenvalue weighted by molar-refractivity contribution is 7.15. The lowest BCUT2D eigenvalue weighted by molar-refractivity contribution is 0.628. The van der Waals surface area contributed by atoms with E-state index in [2.05, 4.69) is 4.98 Å². The molecule has 2 rings (SSSR count). The highest BCUT2D eigenvalue weighted by Gasteiger charge is 2.12. The number of thiazole rings is 1. The van der Waals surface area contributed by atoms with E-state index in [0.29, 0.717) is 11.6 Å². The van der Waals surface area contributed by atoms with Crippen LogP contribution in [0.3, 0.4) is 0 Å². The van der Waals surface area contributed by atoms with E-state index in [1.807, 2.05) is 6.92 Å². The molecule has 1 aromatic heterocycles. The van der Waals surface area contributed by atoms with E-state index in [1.54, 1.807) is 12.1 Å². The van der Waals surface area contributed by atoms with E-state index < -0.39 is 5.82 Å². The molecule has 1 heterocycles. The first-order valence-corrected chi connectivity index (χ1v) is 6.96. The van der Waals surface area contributed by atoms with Crippen molar-refractivity contribution in [2.24, 2.45) is 0 Å². The Labute approximate surface area is 119 Å². The van der Waals surface area contributed by atoms with Gasteiger partial charge in [-0.3, -0.25) is 0 Å². The molecule has 0 amide bonds. The molecule has 0 saturated heterocycles. The third-order valence-electron chi connectivity index (χ3n) is 2.54. The van der Waals surface area contributed by atoms with Crippen molar-refractivity contribution in [1.82, 2.24) is 4.98 Å². The molecule has 0 spiro atoms. The van der Waals surface area contributed by atoms with Gasteiger partial charge in [0.25, 0.3) is 0 Å². The second kappa shape index (κ2) is 5.43. The van der Waals surface area contributed by atoms with Gasteiger partial charge in [0.05, 0.1) is 15.7 Å². The minimum atomic E-state index is -0.582. The minimum absolute atomic E-state index is 0.0352. The van der Waals surface area contributed by atoms with E-state index in [0.717, 1.165) is 22.6 Å². The second-order valence-corrected chi connectivity index (χ2v) is 5.76. The van der Waals surface area contributed by atoms with Gasteiger partial charge in [0.2, 0.25) is 0 Å². The van der Waals surface area contributed by atoms with Crippen molar-refractivity contribution in [3.8, 4) is 0 Å². The molecule has 96 valence electrons. The average molecular weight is 305 g/mol. The number of hydrogen-bond acceptors (Lipinski definition) is 3. The Morgan fingerprint density at radius 2 is 1.94 bits per heavy atom. The van der Waals surface area contributed by atoms with Crippen LogP contribution < -0.4 is 5.73 Å². The van der Waals surface area contributed by atoms with Crippen LogP contribution in [0.25, 0.3) is 0 Å². The Kier molecular flexibility index (Phi) is 4.10. The molecule has 18 heavy (non-hydrogen) atoms. The monoisotopic (exact) mass is 304 g/mol. The molecule has 0 bridgehead atoms. The van der Waals surface area contributed by atoms with E-state index in [9.17, 15) is 4.39 Å². The predicted molar refractivity (Wildman–Crippen MR) is 75.1 cm³/mol. The predicted octanol–water partition coefficient (Wildman–Crippen LogP) is 4.32. The summed E-state index contributed by atoms with van der Waals surface area (Å²) in [6, 6.07) is 3.16. The first-order chi connectivity index (χ1) is 8.51. The van der Waals surface area contributed by atoms with Gasteiger partial charge < -0.3 is 5.73 Å². The summed E-state index contributed by atoms with van der Waals surface area (Å²) in [6.45, 7) is 2.02. The Balaban J connectivity index is 2.34. The summed E-state index contributed by atoms with van der Waals surface area (Å²) in [7, 11) is 0. The zero-order chi connectivity index (χ0) is 13.3. The number of rotatable bonds is 3. The smallest absolute Gasteiger partial charge is 0.180 e. The standard InChI is InChI=1S/C12H11Cl2FN2S/c1-2-9-10(18-12(16)17-9)5-6-3-7(13)11(15)8(14)4-6/h3-4H,2,5H2,1H3,(H2,16,17). The lowest BCUT2D eigenvalue weighted by Crippen LogP contribution is -1.93. The summed E-state index contributed by atoms with van der Waals surface area (Å²) in [4.78, 5) is 5.31. The van der Waals surface area contributed by atoms with Crippen molar-refractivity contribution in [2.75, 3.05) is 5.73 Å². The van der Waals surface area contributed by atoms with Crippen molar-refractivity contribution in [3.63, 3.8) is 0 Å². The molecule has 6 heteroatoms. The van der Waals surface area contributed by atoms with E-state index in [-0.39, 0.29) is 10.0 Å². The molecule has 2 aromatic rings. The number of hydrogen-bond donors (Lipinski definition) is 1. The number of nitrogens with zero attached hydrogens (tertiary/aromatic N) is 1. The van der Waals surface area contributed by atoms with Crippen molar-refractivity contribution in [2.45, 2.75) is 19.8 Å². The molecule has 0 atom stereocenters. The van der Waals surface area contributed by atoms with Crippen molar-refractivity contribution >= 4 is 39.7 Å². The number of halogens is 3. The van der Waals surface area contributed by atoms with Gasteiger partial charge >= 0.3 is 0 Å². The normalized spacial score (nSPS) is 10.9. The Hall–Kier alpha value is -0.840. The van der Waals surface area contributed by atoms with Gasteiger partial charge in [0, 0.05) is 11.3 Å². The molecule has 0 aliphatic rings. The molecule has 0 aliphatic carbocycles. The van der Waals surface area contributed by atoms with E-state index >= 15 is 0 Å². The first-order valence-electron chi connectivity index (χ1n) is 5.38. The third kappa shape index (κ3) is 2.76. The molecule has 0 unspecified atom stereocenters. The van der Waals surface area contributed by atoms with Crippen LogP contribution in [-0.4, -0.2) is 4.98 Å². The zero-order valence-corrected chi connectivity index (χ0v) is 12.0. The third-order valence-corrected chi connectivity index (χ3v) is 4.01. The average Bonchev–Trinajstić information content (AvgIpc) is 2.66. The van der Waals surface area contributed by atoms with Gasteiger partial charge in [0.15, 0.2) is 10.9 Å². The number of nitrogen functional groups attached to an aromatic ring is 1. The Morgan fingerprint density at radius 3 is 2.50 bits per heavy atom. The number of aromatic nitrogens is 1. The number of aryl methyl sites for hydroxylation is 1. The van der Waals surface area contributed by atoms with Crippen LogP contribution in [-0.2, 0) is 12.8 Å². The largest absolute Gasteiger partial charge is 0.375 e. The highest BCUT2D eigenvalue weighted by Crippen LogP contribution is 2.29. The lowest BCUT2D eigenvalue weighted by atomic mass is 10.1. The van der Waals surface area contributed by atoms with Crippen LogP contribution >= 0.6 is 34.5 Å². The van der Waals surface area contributed by atoms with Crippen LogP contribution in [0.5, 0.6) is 0 Å². The van der Waals surface area contributed by atoms with Gasteiger partial charge in [0.1, 0.15) is 0 Å². The summed E-state index contributed by atoms with van der Waals surface area (Å²) in [5.41, 5.74) is 7.51. The zero-order valence-electron chi connectivity index (χ0n) is 9.64. The van der Waals surface area contributed by atoms with Crippen LogP contribution in [0.15, 0.2) is 12.1 Å². The molecular formula is C12H11Cl2FN2S. The quantitative estimate of drug-likeness (QED) is 0.858.